The van der Waals surface area contributed by atoms with Crippen LogP contribution < -0.4 is 0 Å². The van der Waals surface area contributed by atoms with Crippen LogP contribution in [0.1, 0.15) is 29.8 Å². The van der Waals surface area contributed by atoms with Gasteiger partial charge < -0.3 is 4.74 Å². The number of nitrogens with one attached hydrogen (secondary N) is 1. The molecule has 2 aromatic heterocycles. The van der Waals surface area contributed by atoms with E-state index in [1.54, 1.807) is 7.11 Å². The minimum Gasteiger partial charge on any atom is -0.383 e. The topological polar surface area (TPSA) is 55.7 Å². The van der Waals surface area contributed by atoms with E-state index in [-0.39, 0.29) is 0 Å². The van der Waals surface area contributed by atoms with Crippen molar-refractivity contribution >= 4 is 12.2 Å². The summed E-state index contributed by atoms with van der Waals surface area (Å²) in [6, 6.07) is 2.24. The largest absolute Gasteiger partial charge is 0.383 e. The molecular formula is C15H20N4OS. The predicted molar refractivity (Wildman–Crippen MR) is 83.9 cm³/mol. The lowest BCUT2D eigenvalue weighted by molar-refractivity contribution is 0.187. The Bertz CT molecular complexity index is 704. The lowest BCUT2D eigenvalue weighted by Crippen LogP contribution is -2.10. The maximum atomic E-state index is 5.32. The van der Waals surface area contributed by atoms with E-state index in [0.29, 0.717) is 17.9 Å². The summed E-state index contributed by atoms with van der Waals surface area (Å²) in [4.78, 5) is 4.79. The quantitative estimate of drug-likeness (QED) is 0.883. The van der Waals surface area contributed by atoms with E-state index in [1.807, 2.05) is 11.5 Å². The van der Waals surface area contributed by atoms with E-state index in [4.69, 9.17) is 21.9 Å². The molecule has 0 bridgehead atoms. The van der Waals surface area contributed by atoms with Gasteiger partial charge >= 0.3 is 0 Å². The molecule has 2 aromatic rings. The number of rotatable bonds is 4. The number of hydrogen-bond donors (Lipinski definition) is 1. The van der Waals surface area contributed by atoms with Gasteiger partial charge in [-0.2, -0.15) is 5.10 Å². The van der Waals surface area contributed by atoms with Crippen LogP contribution in [0.15, 0.2) is 6.07 Å². The Morgan fingerprint density at radius 2 is 2.19 bits per heavy atom. The molecule has 0 amide bonds. The average Bonchev–Trinajstić information content (AvgIpc) is 2.85. The summed E-state index contributed by atoms with van der Waals surface area (Å²) in [6.07, 6.45) is 4.69. The smallest absolute Gasteiger partial charge is 0.195 e. The van der Waals surface area contributed by atoms with Crippen molar-refractivity contribution in [2.45, 2.75) is 39.2 Å². The first-order valence-corrected chi connectivity index (χ1v) is 7.75. The van der Waals surface area contributed by atoms with Crippen LogP contribution in [-0.2, 0) is 24.1 Å². The Labute approximate surface area is 129 Å². The van der Waals surface area contributed by atoms with Crippen LogP contribution in [0.2, 0.25) is 0 Å². The van der Waals surface area contributed by atoms with Gasteiger partial charge in [0.2, 0.25) is 0 Å². The fourth-order valence-electron chi connectivity index (χ4n) is 2.88. The van der Waals surface area contributed by atoms with Crippen molar-refractivity contribution in [2.24, 2.45) is 0 Å². The molecule has 5 nitrogen and oxygen atoms in total. The normalized spacial score (nSPS) is 14.2. The molecule has 112 valence electrons. The van der Waals surface area contributed by atoms with Crippen molar-refractivity contribution in [3.05, 3.63) is 27.8 Å². The van der Waals surface area contributed by atoms with Crippen LogP contribution >= 0.6 is 12.2 Å². The van der Waals surface area contributed by atoms with Gasteiger partial charge in [0.25, 0.3) is 0 Å². The first-order chi connectivity index (χ1) is 10.2. The number of hydrogen-bond acceptors (Lipinski definition) is 4. The molecule has 1 aliphatic rings. The van der Waals surface area contributed by atoms with Crippen molar-refractivity contribution in [1.29, 1.82) is 0 Å². The fourth-order valence-corrected chi connectivity index (χ4v) is 3.10. The molecule has 0 saturated heterocycles. The Kier molecular flexibility index (Phi) is 4.17. The maximum absolute atomic E-state index is 5.32. The van der Waals surface area contributed by atoms with Gasteiger partial charge in [0.1, 0.15) is 0 Å². The van der Waals surface area contributed by atoms with E-state index in [2.05, 4.69) is 16.3 Å². The second-order valence-corrected chi connectivity index (χ2v) is 5.82. The van der Waals surface area contributed by atoms with Gasteiger partial charge in [0.15, 0.2) is 10.6 Å². The third kappa shape index (κ3) is 2.78. The predicted octanol–water partition coefficient (Wildman–Crippen LogP) is 2.84. The summed E-state index contributed by atoms with van der Waals surface area (Å²) in [7, 11) is 1.69. The van der Waals surface area contributed by atoms with E-state index >= 15 is 0 Å². The van der Waals surface area contributed by atoms with Gasteiger partial charge in [-0.25, -0.2) is 0 Å². The third-order valence-electron chi connectivity index (χ3n) is 4.01. The lowest BCUT2D eigenvalue weighted by atomic mass is 9.94. The first kappa shape index (κ1) is 14.4. The van der Waals surface area contributed by atoms with E-state index < -0.39 is 0 Å². The van der Waals surface area contributed by atoms with Crippen LogP contribution in [0, 0.1) is 11.7 Å². The summed E-state index contributed by atoms with van der Waals surface area (Å²) in [5.74, 6) is 0.857. The molecule has 2 heterocycles. The Hall–Kier alpha value is -1.53. The van der Waals surface area contributed by atoms with Crippen LogP contribution in [-0.4, -0.2) is 33.5 Å². The summed E-state index contributed by atoms with van der Waals surface area (Å²) < 4.78 is 7.77. The average molecular weight is 304 g/mol. The van der Waals surface area contributed by atoms with Crippen LogP contribution in [0.4, 0.5) is 0 Å². The number of nitrogens with zero attached hydrogens (tertiary/aromatic N) is 3. The SMILES string of the molecule is COCCn1c(-c2cc3c(nc2C)CCCC3)n[nH]c1=S. The van der Waals surface area contributed by atoms with Crippen molar-refractivity contribution in [2.75, 3.05) is 13.7 Å². The molecule has 0 radical (unpaired) electrons. The van der Waals surface area contributed by atoms with E-state index in [9.17, 15) is 0 Å². The van der Waals surface area contributed by atoms with Gasteiger partial charge in [0, 0.05) is 24.1 Å². The van der Waals surface area contributed by atoms with E-state index in [1.165, 1.54) is 24.1 Å². The number of H-pyrrole nitrogens is 1. The molecule has 0 fully saturated rings. The number of ether oxygens (including phenoxy) is 1. The standard InChI is InChI=1S/C15H20N4OS/c1-10-12(9-11-5-3-4-6-13(11)16-10)14-17-18-15(21)19(14)7-8-20-2/h9H,3-8H2,1-2H3,(H,18,21). The zero-order chi connectivity index (χ0) is 14.8. The van der Waals surface area contributed by atoms with Crippen molar-refractivity contribution < 1.29 is 4.74 Å². The highest BCUT2D eigenvalue weighted by atomic mass is 32.1. The van der Waals surface area contributed by atoms with E-state index in [0.717, 1.165) is 29.9 Å². The van der Waals surface area contributed by atoms with Crippen molar-refractivity contribution in [3.8, 4) is 11.4 Å². The fraction of sp³-hybridized carbons (Fsp3) is 0.533. The number of fused-ring (bicyclic) bond motifs is 1. The molecule has 6 heteroatoms. The number of aromatic nitrogens is 4. The molecule has 0 aliphatic heterocycles. The van der Waals surface area contributed by atoms with Gasteiger partial charge in [-0.3, -0.25) is 14.6 Å². The second-order valence-electron chi connectivity index (χ2n) is 5.43. The summed E-state index contributed by atoms with van der Waals surface area (Å²) in [6.45, 7) is 3.35. The van der Waals surface area contributed by atoms with Crippen LogP contribution in [0.3, 0.4) is 0 Å². The summed E-state index contributed by atoms with van der Waals surface area (Å²) >= 11 is 5.32. The monoisotopic (exact) mass is 304 g/mol. The molecule has 0 saturated carbocycles. The van der Waals surface area contributed by atoms with Crippen LogP contribution in [0.5, 0.6) is 0 Å². The highest BCUT2D eigenvalue weighted by molar-refractivity contribution is 7.71. The Balaban J connectivity index is 2.06. The third-order valence-corrected chi connectivity index (χ3v) is 4.32. The summed E-state index contributed by atoms with van der Waals surface area (Å²) in [5, 5.41) is 7.28. The zero-order valence-electron chi connectivity index (χ0n) is 12.5. The minimum absolute atomic E-state index is 0.609. The van der Waals surface area contributed by atoms with Gasteiger partial charge in [0.05, 0.1) is 13.2 Å². The molecule has 0 aromatic carbocycles. The van der Waals surface area contributed by atoms with Gasteiger partial charge in [-0.05, 0) is 56.5 Å². The van der Waals surface area contributed by atoms with Crippen LogP contribution in [0.25, 0.3) is 11.4 Å². The molecular weight excluding hydrogens is 284 g/mol. The highest BCUT2D eigenvalue weighted by Gasteiger charge is 2.17. The van der Waals surface area contributed by atoms with Crippen molar-refractivity contribution in [1.82, 2.24) is 19.7 Å². The lowest BCUT2D eigenvalue weighted by Gasteiger charge is -2.17. The number of aryl methyl sites for hydroxylation is 3. The molecule has 0 spiro atoms. The number of pyridine rings is 1. The molecule has 0 unspecified atom stereocenters. The second kappa shape index (κ2) is 6.07. The number of methoxy groups -OCH3 is 1. The molecule has 21 heavy (non-hydrogen) atoms. The number of aromatic amines is 1. The Morgan fingerprint density at radius 3 is 3.00 bits per heavy atom. The maximum Gasteiger partial charge on any atom is 0.195 e. The summed E-state index contributed by atoms with van der Waals surface area (Å²) in [5.41, 5.74) is 4.69. The minimum atomic E-state index is 0.609. The first-order valence-electron chi connectivity index (χ1n) is 7.34. The Morgan fingerprint density at radius 1 is 1.38 bits per heavy atom. The molecule has 1 aliphatic carbocycles. The molecule has 3 rings (SSSR count). The molecule has 0 atom stereocenters. The zero-order valence-corrected chi connectivity index (χ0v) is 13.3. The molecule has 1 N–H and O–H groups in total. The van der Waals surface area contributed by atoms with Gasteiger partial charge in [-0.1, -0.05) is 0 Å². The van der Waals surface area contributed by atoms with Gasteiger partial charge in [-0.15, -0.1) is 0 Å². The van der Waals surface area contributed by atoms with Crippen molar-refractivity contribution in [3.63, 3.8) is 0 Å². The highest BCUT2D eigenvalue weighted by Crippen LogP contribution is 2.27.